The maximum atomic E-state index is 13.1. The Morgan fingerprint density at radius 2 is 1.90 bits per heavy atom. The number of nitrogens with zero attached hydrogens (tertiary/aromatic N) is 1. The first-order chi connectivity index (χ1) is 15.0. The molecule has 0 aliphatic heterocycles. The van der Waals surface area contributed by atoms with E-state index in [-0.39, 0.29) is 11.9 Å². The van der Waals surface area contributed by atoms with E-state index in [1.807, 2.05) is 50.2 Å². The second-order valence-corrected chi connectivity index (χ2v) is 8.13. The molecule has 0 bridgehead atoms. The van der Waals surface area contributed by atoms with E-state index < -0.39 is 12.1 Å². The Balaban J connectivity index is 1.53. The van der Waals surface area contributed by atoms with E-state index >= 15 is 0 Å². The molecule has 2 atom stereocenters. The van der Waals surface area contributed by atoms with Crippen LogP contribution in [0.15, 0.2) is 48.5 Å². The Kier molecular flexibility index (Phi) is 6.03. The van der Waals surface area contributed by atoms with Crippen LogP contribution >= 0.6 is 0 Å². The predicted octanol–water partition coefficient (Wildman–Crippen LogP) is 4.84. The fourth-order valence-corrected chi connectivity index (χ4v) is 4.43. The molecule has 1 heterocycles. The summed E-state index contributed by atoms with van der Waals surface area (Å²) >= 11 is 0. The minimum absolute atomic E-state index is 0.0474. The average Bonchev–Trinajstić information content (AvgIpc) is 2.78. The second-order valence-electron chi connectivity index (χ2n) is 8.13. The van der Waals surface area contributed by atoms with E-state index in [1.54, 1.807) is 6.92 Å². The van der Waals surface area contributed by atoms with Gasteiger partial charge in [0, 0.05) is 11.1 Å². The fraction of sp³-hybridized carbons (Fsp3) is 0.346. The van der Waals surface area contributed by atoms with Crippen molar-refractivity contribution >= 4 is 22.8 Å². The summed E-state index contributed by atoms with van der Waals surface area (Å²) in [6.45, 7) is 5.53. The maximum absolute atomic E-state index is 13.1. The summed E-state index contributed by atoms with van der Waals surface area (Å²) in [6.07, 6.45) is 2.77. The summed E-state index contributed by atoms with van der Waals surface area (Å²) in [5.74, 6) is -0.765. The van der Waals surface area contributed by atoms with Crippen molar-refractivity contribution in [3.8, 4) is 0 Å². The van der Waals surface area contributed by atoms with Crippen LogP contribution in [0.25, 0.3) is 10.9 Å². The van der Waals surface area contributed by atoms with Gasteiger partial charge in [0.2, 0.25) is 0 Å². The van der Waals surface area contributed by atoms with Crippen LogP contribution in [0.4, 0.5) is 0 Å². The number of aromatic nitrogens is 1. The molecule has 0 unspecified atom stereocenters. The zero-order chi connectivity index (χ0) is 22.0. The normalized spacial score (nSPS) is 16.4. The van der Waals surface area contributed by atoms with Gasteiger partial charge in [-0.3, -0.25) is 9.78 Å². The van der Waals surface area contributed by atoms with E-state index in [1.165, 1.54) is 5.56 Å². The quantitative estimate of drug-likeness (QED) is 0.604. The molecular weight excluding hydrogens is 388 g/mol. The summed E-state index contributed by atoms with van der Waals surface area (Å²) in [6, 6.07) is 15.7. The first kappa shape index (κ1) is 21.0. The number of carbonyl (C=O) groups is 2. The van der Waals surface area contributed by atoms with Crippen molar-refractivity contribution in [3.63, 3.8) is 0 Å². The Morgan fingerprint density at radius 1 is 1.16 bits per heavy atom. The zero-order valence-corrected chi connectivity index (χ0v) is 18.3. The highest BCUT2D eigenvalue weighted by Gasteiger charge is 2.27. The molecule has 0 saturated carbocycles. The smallest absolute Gasteiger partial charge is 0.339 e. The highest BCUT2D eigenvalue weighted by Crippen LogP contribution is 2.30. The van der Waals surface area contributed by atoms with Gasteiger partial charge >= 0.3 is 5.97 Å². The van der Waals surface area contributed by atoms with Gasteiger partial charge in [0.25, 0.3) is 5.91 Å². The Morgan fingerprint density at radius 3 is 2.71 bits per heavy atom. The van der Waals surface area contributed by atoms with Gasteiger partial charge in [0.1, 0.15) is 0 Å². The predicted molar refractivity (Wildman–Crippen MR) is 121 cm³/mol. The van der Waals surface area contributed by atoms with Crippen LogP contribution in [-0.4, -0.2) is 23.0 Å². The number of hydrogen-bond acceptors (Lipinski definition) is 4. The van der Waals surface area contributed by atoms with Crippen molar-refractivity contribution in [1.29, 1.82) is 0 Å². The lowest BCUT2D eigenvalue weighted by atomic mass is 9.87. The third-order valence-corrected chi connectivity index (χ3v) is 6.11. The average molecular weight is 417 g/mol. The molecule has 4 rings (SSSR count). The second kappa shape index (κ2) is 8.88. The Hall–Kier alpha value is -3.21. The fourth-order valence-electron chi connectivity index (χ4n) is 4.43. The van der Waals surface area contributed by atoms with Crippen LogP contribution in [0.5, 0.6) is 0 Å². The summed E-state index contributed by atoms with van der Waals surface area (Å²) in [5.41, 5.74) is 5.35. The van der Waals surface area contributed by atoms with Crippen molar-refractivity contribution in [1.82, 2.24) is 10.3 Å². The van der Waals surface area contributed by atoms with Crippen molar-refractivity contribution in [3.05, 3.63) is 76.5 Å². The number of nitrogens with one attached hydrogen (secondary N) is 1. The van der Waals surface area contributed by atoms with Gasteiger partial charge in [-0.25, -0.2) is 4.79 Å². The van der Waals surface area contributed by atoms with Crippen LogP contribution in [0.2, 0.25) is 0 Å². The summed E-state index contributed by atoms with van der Waals surface area (Å²) < 4.78 is 5.64. The van der Waals surface area contributed by atoms with Gasteiger partial charge in [0.05, 0.1) is 17.1 Å². The van der Waals surface area contributed by atoms with Crippen molar-refractivity contribution in [2.75, 3.05) is 0 Å². The standard InChI is InChI=1S/C26H28N2O3/c1-4-21-16(2)24(20-13-7-8-14-23(20)27-21)26(30)31-17(3)25(29)28-22-15-9-11-18-10-5-6-12-19(18)22/h5-8,10,12-14,17,22H,4,9,11,15H2,1-3H3,(H,28,29)/t17-,22-/m0/s1. The molecule has 1 aliphatic rings. The summed E-state index contributed by atoms with van der Waals surface area (Å²) in [7, 11) is 0. The topological polar surface area (TPSA) is 68.3 Å². The number of esters is 1. The lowest BCUT2D eigenvalue weighted by molar-refractivity contribution is -0.130. The number of hydrogen-bond donors (Lipinski definition) is 1. The molecule has 160 valence electrons. The Labute approximate surface area is 182 Å². The molecule has 5 heteroatoms. The number of aryl methyl sites for hydroxylation is 2. The van der Waals surface area contributed by atoms with Crippen LogP contribution in [0.1, 0.15) is 65.5 Å². The third kappa shape index (κ3) is 4.18. The van der Waals surface area contributed by atoms with E-state index in [2.05, 4.69) is 22.4 Å². The lowest BCUT2D eigenvalue weighted by Crippen LogP contribution is -2.39. The molecule has 0 fully saturated rings. The van der Waals surface area contributed by atoms with Crippen molar-refractivity contribution in [2.45, 2.75) is 58.6 Å². The number of fused-ring (bicyclic) bond motifs is 2. The van der Waals surface area contributed by atoms with Crippen LogP contribution in [-0.2, 0) is 22.4 Å². The van der Waals surface area contributed by atoms with Gasteiger partial charge in [-0.1, -0.05) is 49.4 Å². The zero-order valence-electron chi connectivity index (χ0n) is 18.3. The minimum atomic E-state index is -0.891. The number of para-hydroxylation sites is 1. The lowest BCUT2D eigenvalue weighted by Gasteiger charge is -2.27. The number of amides is 1. The van der Waals surface area contributed by atoms with Gasteiger partial charge < -0.3 is 10.1 Å². The molecule has 31 heavy (non-hydrogen) atoms. The highest BCUT2D eigenvalue weighted by molar-refractivity contribution is 6.05. The van der Waals surface area contributed by atoms with E-state index in [0.717, 1.165) is 47.0 Å². The maximum Gasteiger partial charge on any atom is 0.339 e. The van der Waals surface area contributed by atoms with Crippen molar-refractivity contribution in [2.24, 2.45) is 0 Å². The molecule has 1 amide bonds. The number of carbonyl (C=O) groups excluding carboxylic acids is 2. The van der Waals surface area contributed by atoms with Gasteiger partial charge in [-0.05, 0) is 62.3 Å². The molecule has 3 aromatic rings. The molecule has 5 nitrogen and oxygen atoms in total. The monoisotopic (exact) mass is 416 g/mol. The van der Waals surface area contributed by atoms with Gasteiger partial charge in [-0.2, -0.15) is 0 Å². The summed E-state index contributed by atoms with van der Waals surface area (Å²) in [5, 5.41) is 3.82. The van der Waals surface area contributed by atoms with E-state index in [4.69, 9.17) is 4.74 Å². The summed E-state index contributed by atoms with van der Waals surface area (Å²) in [4.78, 5) is 30.6. The number of benzene rings is 2. The number of rotatable bonds is 5. The van der Waals surface area contributed by atoms with Crippen LogP contribution < -0.4 is 5.32 Å². The number of ether oxygens (including phenoxy) is 1. The van der Waals surface area contributed by atoms with E-state index in [0.29, 0.717) is 12.0 Å². The van der Waals surface area contributed by atoms with E-state index in [9.17, 15) is 9.59 Å². The highest BCUT2D eigenvalue weighted by atomic mass is 16.5. The van der Waals surface area contributed by atoms with Crippen molar-refractivity contribution < 1.29 is 14.3 Å². The van der Waals surface area contributed by atoms with Gasteiger partial charge in [-0.15, -0.1) is 0 Å². The first-order valence-electron chi connectivity index (χ1n) is 11.0. The Bertz CT molecular complexity index is 1140. The molecule has 2 aromatic carbocycles. The molecule has 0 saturated heterocycles. The largest absolute Gasteiger partial charge is 0.449 e. The minimum Gasteiger partial charge on any atom is -0.449 e. The third-order valence-electron chi connectivity index (χ3n) is 6.11. The molecule has 0 spiro atoms. The van der Waals surface area contributed by atoms with Gasteiger partial charge in [0.15, 0.2) is 6.10 Å². The van der Waals surface area contributed by atoms with Crippen LogP contribution in [0, 0.1) is 6.92 Å². The number of pyridine rings is 1. The molecule has 1 aromatic heterocycles. The molecular formula is C26H28N2O3. The molecule has 0 radical (unpaired) electrons. The molecule has 1 aliphatic carbocycles. The van der Waals surface area contributed by atoms with Crippen LogP contribution in [0.3, 0.4) is 0 Å². The SMILES string of the molecule is CCc1nc2ccccc2c(C(=O)O[C@@H](C)C(=O)N[C@H]2CCCc3ccccc32)c1C. The molecule has 1 N–H and O–H groups in total. The first-order valence-corrected chi connectivity index (χ1v) is 11.0.